The second-order valence-corrected chi connectivity index (χ2v) is 6.74. The first-order valence-corrected chi connectivity index (χ1v) is 7.37. The maximum absolute atomic E-state index is 3.69. The molecular formula is C15H32N2. The van der Waals surface area contributed by atoms with Gasteiger partial charge in [-0.05, 0) is 50.6 Å². The molecule has 0 radical (unpaired) electrons. The first-order chi connectivity index (χ1) is 7.95. The minimum atomic E-state index is 0.439. The predicted molar refractivity (Wildman–Crippen MR) is 76.4 cm³/mol. The van der Waals surface area contributed by atoms with Gasteiger partial charge in [-0.2, -0.15) is 0 Å². The minimum Gasteiger partial charge on any atom is -0.313 e. The van der Waals surface area contributed by atoms with Crippen LogP contribution in [0.5, 0.6) is 0 Å². The van der Waals surface area contributed by atoms with E-state index in [9.17, 15) is 0 Å². The van der Waals surface area contributed by atoms with Crippen LogP contribution < -0.4 is 5.32 Å². The Morgan fingerprint density at radius 2 is 2.00 bits per heavy atom. The average Bonchev–Trinajstić information content (AvgIpc) is 3.07. The Labute approximate surface area is 108 Å². The maximum atomic E-state index is 3.69. The van der Waals surface area contributed by atoms with Crippen molar-refractivity contribution >= 4 is 0 Å². The fourth-order valence-corrected chi connectivity index (χ4v) is 2.18. The van der Waals surface area contributed by atoms with Gasteiger partial charge in [0, 0.05) is 19.1 Å². The third-order valence-electron chi connectivity index (χ3n) is 3.99. The Hall–Kier alpha value is -0.0800. The summed E-state index contributed by atoms with van der Waals surface area (Å²) in [6.45, 7) is 13.0. The molecule has 1 fully saturated rings. The van der Waals surface area contributed by atoms with Crippen molar-refractivity contribution in [1.29, 1.82) is 0 Å². The molecule has 1 N–H and O–H groups in total. The van der Waals surface area contributed by atoms with Crippen molar-refractivity contribution in [2.75, 3.05) is 26.7 Å². The topological polar surface area (TPSA) is 15.3 Å². The number of nitrogens with zero attached hydrogens (tertiary/aromatic N) is 1. The van der Waals surface area contributed by atoms with Crippen molar-refractivity contribution in [1.82, 2.24) is 10.2 Å². The van der Waals surface area contributed by atoms with Crippen LogP contribution in [0.3, 0.4) is 0 Å². The minimum absolute atomic E-state index is 0.439. The number of hydrogen-bond acceptors (Lipinski definition) is 2. The van der Waals surface area contributed by atoms with E-state index in [1.807, 2.05) is 0 Å². The Balaban J connectivity index is 2.26. The molecule has 2 nitrogen and oxygen atoms in total. The van der Waals surface area contributed by atoms with E-state index in [2.05, 4.69) is 45.0 Å². The standard InChI is InChI=1S/C15H32N2/c1-6-15(4,11-16-14-7-8-14)12-17(5)10-9-13(2)3/h13-14,16H,6-12H2,1-5H3. The molecule has 0 aromatic carbocycles. The lowest BCUT2D eigenvalue weighted by Crippen LogP contribution is -2.41. The zero-order chi connectivity index (χ0) is 12.9. The second kappa shape index (κ2) is 6.75. The van der Waals surface area contributed by atoms with Crippen LogP contribution >= 0.6 is 0 Å². The van der Waals surface area contributed by atoms with Crippen LogP contribution in [0.1, 0.15) is 53.4 Å². The van der Waals surface area contributed by atoms with Gasteiger partial charge >= 0.3 is 0 Å². The van der Waals surface area contributed by atoms with E-state index in [1.54, 1.807) is 0 Å². The molecule has 2 heteroatoms. The van der Waals surface area contributed by atoms with Crippen molar-refractivity contribution in [2.45, 2.75) is 59.4 Å². The fraction of sp³-hybridized carbons (Fsp3) is 1.00. The lowest BCUT2D eigenvalue weighted by atomic mass is 9.86. The first kappa shape index (κ1) is 15.0. The molecule has 0 bridgehead atoms. The molecular weight excluding hydrogens is 208 g/mol. The number of nitrogens with one attached hydrogen (secondary N) is 1. The van der Waals surface area contributed by atoms with Gasteiger partial charge in [-0.1, -0.05) is 27.7 Å². The lowest BCUT2D eigenvalue weighted by Gasteiger charge is -2.33. The summed E-state index contributed by atoms with van der Waals surface area (Å²) in [4.78, 5) is 2.51. The molecule has 102 valence electrons. The molecule has 0 spiro atoms. The maximum Gasteiger partial charge on any atom is 0.00684 e. The lowest BCUT2D eigenvalue weighted by molar-refractivity contribution is 0.174. The smallest absolute Gasteiger partial charge is 0.00684 e. The molecule has 0 aliphatic heterocycles. The molecule has 1 aliphatic carbocycles. The van der Waals surface area contributed by atoms with E-state index in [0.29, 0.717) is 5.41 Å². The molecule has 0 saturated heterocycles. The van der Waals surface area contributed by atoms with Gasteiger partial charge < -0.3 is 10.2 Å². The van der Waals surface area contributed by atoms with Crippen LogP contribution in [-0.4, -0.2) is 37.6 Å². The number of rotatable bonds is 9. The van der Waals surface area contributed by atoms with E-state index in [1.165, 1.54) is 45.3 Å². The second-order valence-electron chi connectivity index (χ2n) is 6.74. The summed E-state index contributed by atoms with van der Waals surface area (Å²) in [6, 6.07) is 0.835. The normalized spacial score (nSPS) is 19.9. The van der Waals surface area contributed by atoms with E-state index in [4.69, 9.17) is 0 Å². The van der Waals surface area contributed by atoms with Crippen molar-refractivity contribution < 1.29 is 0 Å². The van der Waals surface area contributed by atoms with Crippen LogP contribution in [0, 0.1) is 11.3 Å². The Kier molecular flexibility index (Phi) is 5.94. The predicted octanol–water partition coefficient (Wildman–Crippen LogP) is 3.13. The summed E-state index contributed by atoms with van der Waals surface area (Å²) < 4.78 is 0. The average molecular weight is 240 g/mol. The third kappa shape index (κ3) is 6.42. The van der Waals surface area contributed by atoms with Gasteiger partial charge in [-0.3, -0.25) is 0 Å². The van der Waals surface area contributed by atoms with Crippen LogP contribution in [0.2, 0.25) is 0 Å². The van der Waals surface area contributed by atoms with E-state index < -0.39 is 0 Å². The summed E-state index contributed by atoms with van der Waals surface area (Å²) >= 11 is 0. The molecule has 17 heavy (non-hydrogen) atoms. The molecule has 1 unspecified atom stereocenters. The molecule has 1 atom stereocenters. The molecule has 0 heterocycles. The Bertz CT molecular complexity index is 211. The van der Waals surface area contributed by atoms with Crippen molar-refractivity contribution in [3.63, 3.8) is 0 Å². The van der Waals surface area contributed by atoms with Crippen molar-refractivity contribution in [2.24, 2.45) is 11.3 Å². The van der Waals surface area contributed by atoms with Crippen molar-refractivity contribution in [3.05, 3.63) is 0 Å². The molecule has 1 saturated carbocycles. The first-order valence-electron chi connectivity index (χ1n) is 7.37. The van der Waals surface area contributed by atoms with Gasteiger partial charge in [0.1, 0.15) is 0 Å². The van der Waals surface area contributed by atoms with Gasteiger partial charge in [0.05, 0.1) is 0 Å². The molecule has 0 aromatic rings. The molecule has 0 amide bonds. The van der Waals surface area contributed by atoms with Gasteiger partial charge in [-0.15, -0.1) is 0 Å². The quantitative estimate of drug-likeness (QED) is 0.666. The zero-order valence-corrected chi connectivity index (χ0v) is 12.6. The molecule has 1 aliphatic rings. The highest BCUT2D eigenvalue weighted by atomic mass is 15.1. The zero-order valence-electron chi connectivity index (χ0n) is 12.6. The molecule has 1 rings (SSSR count). The summed E-state index contributed by atoms with van der Waals surface area (Å²) in [5.74, 6) is 0.815. The van der Waals surface area contributed by atoms with Crippen LogP contribution in [0.25, 0.3) is 0 Å². The van der Waals surface area contributed by atoms with E-state index >= 15 is 0 Å². The van der Waals surface area contributed by atoms with Gasteiger partial charge in [0.2, 0.25) is 0 Å². The summed E-state index contributed by atoms with van der Waals surface area (Å²) in [6.07, 6.45) is 5.36. The van der Waals surface area contributed by atoms with Gasteiger partial charge in [0.25, 0.3) is 0 Å². The van der Waals surface area contributed by atoms with Crippen LogP contribution in [-0.2, 0) is 0 Å². The van der Waals surface area contributed by atoms with Gasteiger partial charge in [0.15, 0.2) is 0 Å². The number of hydrogen-bond donors (Lipinski definition) is 1. The van der Waals surface area contributed by atoms with E-state index in [0.717, 1.165) is 12.0 Å². The highest BCUT2D eigenvalue weighted by Gasteiger charge is 2.28. The molecule has 0 aromatic heterocycles. The monoisotopic (exact) mass is 240 g/mol. The summed E-state index contributed by atoms with van der Waals surface area (Å²) in [5, 5.41) is 3.69. The Morgan fingerprint density at radius 3 is 2.47 bits per heavy atom. The van der Waals surface area contributed by atoms with Crippen LogP contribution in [0.15, 0.2) is 0 Å². The Morgan fingerprint density at radius 1 is 1.35 bits per heavy atom. The van der Waals surface area contributed by atoms with Crippen LogP contribution in [0.4, 0.5) is 0 Å². The summed E-state index contributed by atoms with van der Waals surface area (Å²) in [5.41, 5.74) is 0.439. The van der Waals surface area contributed by atoms with Gasteiger partial charge in [-0.25, -0.2) is 0 Å². The largest absolute Gasteiger partial charge is 0.313 e. The SMILES string of the molecule is CCC(C)(CNC1CC1)CN(C)CCC(C)C. The highest BCUT2D eigenvalue weighted by molar-refractivity contribution is 4.86. The van der Waals surface area contributed by atoms with Crippen molar-refractivity contribution in [3.8, 4) is 0 Å². The third-order valence-corrected chi connectivity index (χ3v) is 3.99. The highest BCUT2D eigenvalue weighted by Crippen LogP contribution is 2.25. The fourth-order valence-electron chi connectivity index (χ4n) is 2.18. The summed E-state index contributed by atoms with van der Waals surface area (Å²) in [7, 11) is 2.27. The van der Waals surface area contributed by atoms with E-state index in [-0.39, 0.29) is 0 Å².